The fourth-order valence-electron chi connectivity index (χ4n) is 1.41. The van der Waals surface area contributed by atoms with Gasteiger partial charge < -0.3 is 5.32 Å². The number of halogens is 3. The summed E-state index contributed by atoms with van der Waals surface area (Å²) >= 11 is 14.4. The Morgan fingerprint density at radius 1 is 1.35 bits per heavy atom. The predicted octanol–water partition coefficient (Wildman–Crippen LogP) is 5.24. The van der Waals surface area contributed by atoms with E-state index in [1.165, 1.54) is 16.9 Å². The fraction of sp³-hybridized carbons (Fsp3) is 0.182. The average Bonchev–Trinajstić information content (AvgIpc) is 2.62. The Hall–Kier alpha value is -0.100. The molecule has 0 spiro atoms. The fourth-order valence-corrected chi connectivity index (χ4v) is 4.02. The highest BCUT2D eigenvalue weighted by Crippen LogP contribution is 2.33. The predicted molar refractivity (Wildman–Crippen MR) is 81.0 cm³/mol. The second kappa shape index (κ2) is 5.69. The van der Waals surface area contributed by atoms with Gasteiger partial charge in [0, 0.05) is 20.0 Å². The Morgan fingerprint density at radius 3 is 2.53 bits per heavy atom. The van der Waals surface area contributed by atoms with Crippen LogP contribution in [0.4, 0.5) is 5.69 Å². The molecule has 0 fully saturated rings. The maximum Gasteiger partial charge on any atom is 0.183 e. The maximum atomic E-state index is 5.79. The van der Waals surface area contributed by atoms with Crippen molar-refractivity contribution in [2.75, 3.05) is 5.32 Å². The quantitative estimate of drug-likeness (QED) is 0.767. The first-order chi connectivity index (χ1) is 8.06. The molecule has 0 radical (unpaired) electrons. The van der Waals surface area contributed by atoms with Crippen LogP contribution in [0.1, 0.15) is 10.4 Å². The highest BCUT2D eigenvalue weighted by atomic mass is 79.9. The molecule has 1 heterocycles. The topological polar surface area (TPSA) is 24.9 Å². The van der Waals surface area contributed by atoms with E-state index in [0.29, 0.717) is 11.0 Å². The van der Waals surface area contributed by atoms with Crippen LogP contribution < -0.4 is 5.32 Å². The van der Waals surface area contributed by atoms with Crippen LogP contribution >= 0.6 is 54.8 Å². The lowest BCUT2D eigenvalue weighted by Crippen LogP contribution is -1.99. The van der Waals surface area contributed by atoms with E-state index in [-0.39, 0.29) is 0 Å². The normalized spacial score (nSPS) is 10.6. The van der Waals surface area contributed by atoms with E-state index in [2.05, 4.69) is 61.2 Å². The van der Waals surface area contributed by atoms with Crippen LogP contribution in [0.25, 0.3) is 0 Å². The van der Waals surface area contributed by atoms with Gasteiger partial charge in [0.1, 0.15) is 0 Å². The third-order valence-electron chi connectivity index (χ3n) is 2.15. The minimum atomic E-state index is 0.573. The first-order valence-electron chi connectivity index (χ1n) is 4.86. The number of aryl methyl sites for hydroxylation is 1. The molecule has 0 atom stereocenters. The molecule has 2 aromatic rings. The molecular weight excluding hydrogens is 387 g/mol. The molecule has 6 heteroatoms. The van der Waals surface area contributed by atoms with Crippen LogP contribution in [0.15, 0.2) is 27.3 Å². The number of nitrogens with zero attached hydrogens (tertiary/aromatic N) is 1. The van der Waals surface area contributed by atoms with Crippen LogP contribution in [0.3, 0.4) is 0 Å². The minimum absolute atomic E-state index is 0.573. The van der Waals surface area contributed by atoms with Crippen molar-refractivity contribution in [2.45, 2.75) is 13.5 Å². The second-order valence-electron chi connectivity index (χ2n) is 3.54. The Bertz CT molecular complexity index is 519. The SMILES string of the molecule is Cc1cc(Br)c(NCc2cnc(Cl)s2)c(Br)c1. The standard InChI is InChI=1S/C11H9Br2ClN2S/c1-6-2-8(12)10(9(13)3-6)15-4-7-5-16-11(14)17-7/h2-3,5,15H,4H2,1H3. The molecule has 0 unspecified atom stereocenters. The monoisotopic (exact) mass is 394 g/mol. The van der Waals surface area contributed by atoms with Crippen LogP contribution in [0.2, 0.25) is 4.47 Å². The van der Waals surface area contributed by atoms with Gasteiger partial charge in [-0.1, -0.05) is 11.6 Å². The highest BCUT2D eigenvalue weighted by Gasteiger charge is 2.07. The van der Waals surface area contributed by atoms with Crippen LogP contribution in [0, 0.1) is 6.92 Å². The van der Waals surface area contributed by atoms with Gasteiger partial charge in [-0.2, -0.15) is 0 Å². The Balaban J connectivity index is 2.14. The summed E-state index contributed by atoms with van der Waals surface area (Å²) < 4.78 is 2.66. The third-order valence-corrected chi connectivity index (χ3v) is 4.52. The van der Waals surface area contributed by atoms with Crippen LogP contribution in [-0.4, -0.2) is 4.98 Å². The van der Waals surface area contributed by atoms with Crippen molar-refractivity contribution in [3.05, 3.63) is 42.2 Å². The Labute approximate surface area is 126 Å². The molecule has 0 saturated carbocycles. The van der Waals surface area contributed by atoms with E-state index in [0.717, 1.165) is 19.5 Å². The molecule has 1 aromatic carbocycles. The van der Waals surface area contributed by atoms with E-state index in [1.54, 1.807) is 6.20 Å². The van der Waals surface area contributed by atoms with Gasteiger partial charge in [0.15, 0.2) is 4.47 Å². The second-order valence-corrected chi connectivity index (χ2v) is 6.94. The minimum Gasteiger partial charge on any atom is -0.378 e. The molecule has 2 rings (SSSR count). The summed E-state index contributed by atoms with van der Waals surface area (Å²) in [6, 6.07) is 4.15. The lowest BCUT2D eigenvalue weighted by molar-refractivity contribution is 1.16. The van der Waals surface area contributed by atoms with Gasteiger partial charge in [-0.25, -0.2) is 4.98 Å². The lowest BCUT2D eigenvalue weighted by atomic mass is 10.2. The Kier molecular flexibility index (Phi) is 4.47. The largest absolute Gasteiger partial charge is 0.378 e. The van der Waals surface area contributed by atoms with Gasteiger partial charge in [-0.15, -0.1) is 11.3 Å². The summed E-state index contributed by atoms with van der Waals surface area (Å²) in [5.74, 6) is 0. The first-order valence-corrected chi connectivity index (χ1v) is 7.64. The molecule has 0 bridgehead atoms. The first kappa shape index (κ1) is 13.3. The lowest BCUT2D eigenvalue weighted by Gasteiger charge is -2.10. The van der Waals surface area contributed by atoms with Gasteiger partial charge >= 0.3 is 0 Å². The van der Waals surface area contributed by atoms with Gasteiger partial charge in [0.25, 0.3) is 0 Å². The summed E-state index contributed by atoms with van der Waals surface area (Å²) in [5.41, 5.74) is 2.25. The van der Waals surface area contributed by atoms with Crippen molar-refractivity contribution >= 4 is 60.5 Å². The molecule has 2 nitrogen and oxygen atoms in total. The maximum absolute atomic E-state index is 5.79. The van der Waals surface area contributed by atoms with Gasteiger partial charge in [-0.3, -0.25) is 0 Å². The molecule has 17 heavy (non-hydrogen) atoms. The number of hydrogen-bond acceptors (Lipinski definition) is 3. The van der Waals surface area contributed by atoms with Crippen molar-refractivity contribution in [2.24, 2.45) is 0 Å². The van der Waals surface area contributed by atoms with E-state index in [4.69, 9.17) is 11.6 Å². The van der Waals surface area contributed by atoms with Gasteiger partial charge in [0.2, 0.25) is 0 Å². The number of nitrogens with one attached hydrogen (secondary N) is 1. The van der Waals surface area contributed by atoms with E-state index in [1.807, 2.05) is 0 Å². The molecular formula is C11H9Br2ClN2S. The molecule has 0 aliphatic carbocycles. The van der Waals surface area contributed by atoms with Crippen molar-refractivity contribution in [3.8, 4) is 0 Å². The molecule has 0 aliphatic heterocycles. The van der Waals surface area contributed by atoms with Crippen molar-refractivity contribution in [1.82, 2.24) is 4.98 Å². The number of rotatable bonds is 3. The number of benzene rings is 1. The smallest absolute Gasteiger partial charge is 0.183 e. The number of anilines is 1. The average molecular weight is 397 g/mol. The summed E-state index contributed by atoms with van der Waals surface area (Å²) in [5, 5.41) is 3.36. The van der Waals surface area contributed by atoms with E-state index >= 15 is 0 Å². The highest BCUT2D eigenvalue weighted by molar-refractivity contribution is 9.11. The molecule has 90 valence electrons. The van der Waals surface area contributed by atoms with Crippen LogP contribution in [0.5, 0.6) is 0 Å². The van der Waals surface area contributed by atoms with E-state index in [9.17, 15) is 0 Å². The zero-order valence-corrected chi connectivity index (χ0v) is 13.7. The van der Waals surface area contributed by atoms with E-state index < -0.39 is 0 Å². The number of hydrogen-bond donors (Lipinski definition) is 1. The summed E-state index contributed by atoms with van der Waals surface area (Å²) in [6.45, 7) is 2.77. The number of aromatic nitrogens is 1. The van der Waals surface area contributed by atoms with Crippen LogP contribution in [-0.2, 0) is 6.54 Å². The summed E-state index contributed by atoms with van der Waals surface area (Å²) in [6.07, 6.45) is 1.79. The molecule has 0 aliphatic rings. The number of thiazole rings is 1. The molecule has 1 aromatic heterocycles. The van der Waals surface area contributed by atoms with Crippen molar-refractivity contribution in [1.29, 1.82) is 0 Å². The van der Waals surface area contributed by atoms with Crippen molar-refractivity contribution in [3.63, 3.8) is 0 Å². The molecule has 0 amide bonds. The summed E-state index contributed by atoms with van der Waals surface area (Å²) in [7, 11) is 0. The Morgan fingerprint density at radius 2 is 2.00 bits per heavy atom. The molecule has 1 N–H and O–H groups in total. The van der Waals surface area contributed by atoms with Gasteiger partial charge in [0.05, 0.1) is 12.2 Å². The summed E-state index contributed by atoms with van der Waals surface area (Å²) in [4.78, 5) is 5.11. The van der Waals surface area contributed by atoms with Gasteiger partial charge in [-0.05, 0) is 56.5 Å². The van der Waals surface area contributed by atoms with Crippen molar-refractivity contribution < 1.29 is 0 Å². The zero-order chi connectivity index (χ0) is 12.4. The molecule has 0 saturated heterocycles. The third kappa shape index (κ3) is 3.44. The zero-order valence-electron chi connectivity index (χ0n) is 8.93.